The molecule has 122 valence electrons. The van der Waals surface area contributed by atoms with Gasteiger partial charge in [0.1, 0.15) is 18.1 Å². The monoisotopic (exact) mass is 311 g/mol. The Balaban J connectivity index is 2.33. The second-order valence-corrected chi connectivity index (χ2v) is 4.52. The number of aliphatic carboxylic acids is 1. The zero-order valence-electron chi connectivity index (χ0n) is 12.8. The molecular weight excluding hydrogens is 290 g/mol. The lowest BCUT2D eigenvalue weighted by Crippen LogP contribution is -2.28. The molecule has 1 rings (SSSR count). The molecule has 0 aliphatic rings. The number of aryl methyl sites for hydroxylation is 1. The highest BCUT2D eigenvalue weighted by atomic mass is 16.5. The molecule has 1 amide bonds. The zero-order valence-corrected chi connectivity index (χ0v) is 12.8. The van der Waals surface area contributed by atoms with Gasteiger partial charge in [0, 0.05) is 19.0 Å². The van der Waals surface area contributed by atoms with Gasteiger partial charge in [-0.25, -0.2) is 4.79 Å². The van der Waals surface area contributed by atoms with Gasteiger partial charge in [0.25, 0.3) is 0 Å². The van der Waals surface area contributed by atoms with Crippen molar-refractivity contribution in [2.45, 2.75) is 12.8 Å². The zero-order chi connectivity index (χ0) is 16.4. The lowest BCUT2D eigenvalue weighted by molar-refractivity contribution is -0.142. The van der Waals surface area contributed by atoms with Gasteiger partial charge in [0.15, 0.2) is 0 Å². The number of carbonyl (C=O) groups is 2. The number of carbonyl (C=O) groups excluding carboxylic acids is 1. The topological polar surface area (TPSA) is 94.1 Å². The number of carboxylic acids is 1. The average Bonchev–Trinajstić information content (AvgIpc) is 2.51. The summed E-state index contributed by atoms with van der Waals surface area (Å²) in [6.45, 7) is 0.0953. The van der Waals surface area contributed by atoms with Crippen molar-refractivity contribution in [2.24, 2.45) is 0 Å². The van der Waals surface area contributed by atoms with Crippen molar-refractivity contribution < 1.29 is 28.9 Å². The second kappa shape index (κ2) is 9.62. The van der Waals surface area contributed by atoms with Crippen molar-refractivity contribution in [3.8, 4) is 11.5 Å². The molecular formula is C15H21NO6. The van der Waals surface area contributed by atoms with Gasteiger partial charge >= 0.3 is 5.97 Å². The maximum absolute atomic E-state index is 11.7. The number of methoxy groups -OCH3 is 2. The van der Waals surface area contributed by atoms with Crippen molar-refractivity contribution in [1.29, 1.82) is 0 Å². The van der Waals surface area contributed by atoms with Gasteiger partial charge in [-0.05, 0) is 24.1 Å². The van der Waals surface area contributed by atoms with E-state index in [-0.39, 0.29) is 25.7 Å². The first-order valence-electron chi connectivity index (χ1n) is 6.83. The number of hydrogen-bond donors (Lipinski definition) is 2. The SMILES string of the molecule is COc1cc(CCC(=O)NCCOCC(=O)O)cc(OC)c1. The van der Waals surface area contributed by atoms with Crippen LogP contribution in [0.3, 0.4) is 0 Å². The van der Waals surface area contributed by atoms with E-state index in [0.717, 1.165) is 5.56 Å². The minimum Gasteiger partial charge on any atom is -0.497 e. The van der Waals surface area contributed by atoms with Gasteiger partial charge in [-0.3, -0.25) is 4.79 Å². The molecule has 0 saturated carbocycles. The first-order chi connectivity index (χ1) is 10.5. The van der Waals surface area contributed by atoms with Crippen LogP contribution < -0.4 is 14.8 Å². The van der Waals surface area contributed by atoms with Crippen LogP contribution in [0.5, 0.6) is 11.5 Å². The number of amides is 1. The van der Waals surface area contributed by atoms with Crippen molar-refractivity contribution in [3.63, 3.8) is 0 Å². The van der Waals surface area contributed by atoms with E-state index in [9.17, 15) is 9.59 Å². The van der Waals surface area contributed by atoms with Gasteiger partial charge in [0.05, 0.1) is 20.8 Å². The maximum Gasteiger partial charge on any atom is 0.329 e. The van der Waals surface area contributed by atoms with Crippen LogP contribution in [0.4, 0.5) is 0 Å². The first kappa shape index (κ1) is 17.8. The number of rotatable bonds is 10. The van der Waals surface area contributed by atoms with Crippen LogP contribution in [0, 0.1) is 0 Å². The second-order valence-electron chi connectivity index (χ2n) is 4.52. The van der Waals surface area contributed by atoms with E-state index in [0.29, 0.717) is 24.3 Å². The van der Waals surface area contributed by atoms with Crippen LogP contribution >= 0.6 is 0 Å². The van der Waals surface area contributed by atoms with Crippen molar-refractivity contribution in [3.05, 3.63) is 23.8 Å². The highest BCUT2D eigenvalue weighted by Crippen LogP contribution is 2.23. The minimum atomic E-state index is -1.03. The summed E-state index contributed by atoms with van der Waals surface area (Å²) < 4.78 is 15.2. The molecule has 1 aromatic rings. The molecule has 0 atom stereocenters. The first-order valence-corrected chi connectivity index (χ1v) is 6.83. The third-order valence-electron chi connectivity index (χ3n) is 2.85. The Morgan fingerprint density at radius 3 is 2.32 bits per heavy atom. The van der Waals surface area contributed by atoms with Gasteiger partial charge in [-0.1, -0.05) is 0 Å². The molecule has 0 saturated heterocycles. The summed E-state index contributed by atoms with van der Waals surface area (Å²) in [5, 5.41) is 11.0. The summed E-state index contributed by atoms with van der Waals surface area (Å²) in [4.78, 5) is 21.9. The van der Waals surface area contributed by atoms with Crippen LogP contribution in [0.15, 0.2) is 18.2 Å². The van der Waals surface area contributed by atoms with Gasteiger partial charge in [-0.15, -0.1) is 0 Å². The fourth-order valence-electron chi connectivity index (χ4n) is 1.78. The molecule has 0 heterocycles. The van der Waals surface area contributed by atoms with E-state index in [1.807, 2.05) is 12.1 Å². The quantitative estimate of drug-likeness (QED) is 0.622. The summed E-state index contributed by atoms with van der Waals surface area (Å²) >= 11 is 0. The van der Waals surface area contributed by atoms with Gasteiger partial charge in [0.2, 0.25) is 5.91 Å². The average molecular weight is 311 g/mol. The molecule has 2 N–H and O–H groups in total. The molecule has 0 radical (unpaired) electrons. The molecule has 0 aliphatic carbocycles. The molecule has 0 spiro atoms. The third kappa shape index (κ3) is 6.94. The molecule has 0 aromatic heterocycles. The summed E-state index contributed by atoms with van der Waals surface area (Å²) in [6.07, 6.45) is 0.866. The molecule has 22 heavy (non-hydrogen) atoms. The van der Waals surface area contributed by atoms with Crippen molar-refractivity contribution in [2.75, 3.05) is 34.0 Å². The molecule has 0 unspecified atom stereocenters. The highest BCUT2D eigenvalue weighted by Gasteiger charge is 2.06. The molecule has 0 bridgehead atoms. The largest absolute Gasteiger partial charge is 0.497 e. The van der Waals surface area contributed by atoms with Gasteiger partial charge in [-0.2, -0.15) is 0 Å². The fraction of sp³-hybridized carbons (Fsp3) is 0.467. The van der Waals surface area contributed by atoms with E-state index in [1.165, 1.54) is 0 Å². The molecule has 0 fully saturated rings. The van der Waals surface area contributed by atoms with E-state index in [4.69, 9.17) is 19.3 Å². The van der Waals surface area contributed by atoms with E-state index >= 15 is 0 Å². The summed E-state index contributed by atoms with van der Waals surface area (Å²) in [7, 11) is 3.14. The number of carboxylic acid groups (broad SMARTS) is 1. The number of ether oxygens (including phenoxy) is 3. The maximum atomic E-state index is 11.7. The summed E-state index contributed by atoms with van der Waals surface area (Å²) in [5.41, 5.74) is 0.938. The molecule has 7 nitrogen and oxygen atoms in total. The Morgan fingerprint density at radius 2 is 1.77 bits per heavy atom. The Kier molecular flexibility index (Phi) is 7.77. The van der Waals surface area contributed by atoms with Crippen molar-refractivity contribution in [1.82, 2.24) is 5.32 Å². The molecule has 7 heteroatoms. The number of benzene rings is 1. The molecule has 1 aromatic carbocycles. The Labute approximate surface area is 129 Å². The molecule has 0 aliphatic heterocycles. The van der Waals surface area contributed by atoms with E-state index in [2.05, 4.69) is 5.32 Å². The highest BCUT2D eigenvalue weighted by molar-refractivity contribution is 5.76. The Hall–Kier alpha value is -2.28. The van der Waals surface area contributed by atoms with Crippen molar-refractivity contribution >= 4 is 11.9 Å². The predicted octanol–water partition coefficient (Wildman–Crippen LogP) is 0.854. The normalized spacial score (nSPS) is 10.1. The Bertz CT molecular complexity index is 481. The summed E-state index contributed by atoms with van der Waals surface area (Å²) in [5.74, 6) is 0.202. The fourth-order valence-corrected chi connectivity index (χ4v) is 1.78. The summed E-state index contributed by atoms with van der Waals surface area (Å²) in [6, 6.07) is 5.47. The lowest BCUT2D eigenvalue weighted by Gasteiger charge is -2.09. The number of nitrogens with one attached hydrogen (secondary N) is 1. The van der Waals surface area contributed by atoms with Crippen LogP contribution in [-0.4, -0.2) is 51.0 Å². The predicted molar refractivity (Wildman–Crippen MR) is 79.3 cm³/mol. The standard InChI is InChI=1S/C15H21NO6/c1-20-12-7-11(8-13(9-12)21-2)3-4-14(17)16-5-6-22-10-15(18)19/h7-9H,3-6,10H2,1-2H3,(H,16,17)(H,18,19). The van der Waals surface area contributed by atoms with E-state index < -0.39 is 5.97 Å². The van der Waals surface area contributed by atoms with Crippen LogP contribution in [-0.2, 0) is 20.7 Å². The Morgan fingerprint density at radius 1 is 1.14 bits per heavy atom. The van der Waals surface area contributed by atoms with Crippen LogP contribution in [0.2, 0.25) is 0 Å². The number of hydrogen-bond acceptors (Lipinski definition) is 5. The minimum absolute atomic E-state index is 0.124. The smallest absolute Gasteiger partial charge is 0.329 e. The van der Waals surface area contributed by atoms with Gasteiger partial charge < -0.3 is 24.6 Å². The van der Waals surface area contributed by atoms with Crippen LogP contribution in [0.25, 0.3) is 0 Å². The lowest BCUT2D eigenvalue weighted by atomic mass is 10.1. The van der Waals surface area contributed by atoms with E-state index in [1.54, 1.807) is 20.3 Å². The third-order valence-corrected chi connectivity index (χ3v) is 2.85. The van der Waals surface area contributed by atoms with Crippen LogP contribution in [0.1, 0.15) is 12.0 Å².